The molecule has 0 N–H and O–H groups in total. The number of carbonyl (C=O) groups excluding carboxylic acids is 4. The van der Waals surface area contributed by atoms with Gasteiger partial charge in [0.1, 0.15) is 5.60 Å². The third-order valence-electron chi connectivity index (χ3n) is 4.86. The second kappa shape index (κ2) is 7.26. The van der Waals surface area contributed by atoms with E-state index in [0.717, 1.165) is 0 Å². The summed E-state index contributed by atoms with van der Waals surface area (Å²) in [5.41, 5.74) is -0.246. The molecule has 0 aromatic heterocycles. The highest BCUT2D eigenvalue weighted by atomic mass is 16.7. The third kappa shape index (κ3) is 3.72. The standard InChI is InChI=1S/C20H24N2O6/c1-12-13(10-7-11-21(12)19(26)27-20(2,3)4)18(25)28-22-16(23)14-8-5-6-9-15(14)17(22)24/h5-6,8-9,12-13H,7,10-11H2,1-4H3/t12-,13-/m0/s1. The van der Waals surface area contributed by atoms with Gasteiger partial charge in [0, 0.05) is 12.6 Å². The quantitative estimate of drug-likeness (QED) is 0.723. The van der Waals surface area contributed by atoms with E-state index in [0.29, 0.717) is 24.4 Å². The number of benzene rings is 1. The zero-order chi connectivity index (χ0) is 20.6. The van der Waals surface area contributed by atoms with E-state index >= 15 is 0 Å². The molecule has 2 aliphatic heterocycles. The van der Waals surface area contributed by atoms with Gasteiger partial charge in [-0.1, -0.05) is 17.2 Å². The van der Waals surface area contributed by atoms with E-state index in [1.165, 1.54) is 17.0 Å². The minimum absolute atomic E-state index is 0.201. The summed E-state index contributed by atoms with van der Waals surface area (Å²) in [6.07, 6.45) is 0.576. The summed E-state index contributed by atoms with van der Waals surface area (Å²) < 4.78 is 5.40. The number of hydrogen-bond acceptors (Lipinski definition) is 6. The molecule has 8 nitrogen and oxygen atoms in total. The van der Waals surface area contributed by atoms with Crippen LogP contribution in [0, 0.1) is 5.92 Å². The third-order valence-corrected chi connectivity index (χ3v) is 4.86. The maximum atomic E-state index is 12.7. The Morgan fingerprint density at radius 3 is 2.18 bits per heavy atom. The van der Waals surface area contributed by atoms with Crippen molar-refractivity contribution in [3.05, 3.63) is 35.4 Å². The predicted molar refractivity (Wildman–Crippen MR) is 98.2 cm³/mol. The summed E-state index contributed by atoms with van der Waals surface area (Å²) in [6.45, 7) is 7.51. The van der Waals surface area contributed by atoms with E-state index in [1.54, 1.807) is 39.8 Å². The van der Waals surface area contributed by atoms with Crippen LogP contribution in [-0.2, 0) is 14.4 Å². The number of ether oxygens (including phenoxy) is 1. The van der Waals surface area contributed by atoms with Gasteiger partial charge in [-0.3, -0.25) is 9.59 Å². The number of imide groups is 1. The molecule has 3 amide bonds. The molecule has 0 saturated carbocycles. The molecule has 0 unspecified atom stereocenters. The van der Waals surface area contributed by atoms with Crippen LogP contribution in [0.2, 0.25) is 0 Å². The van der Waals surface area contributed by atoms with Gasteiger partial charge in [0.05, 0.1) is 17.0 Å². The average Bonchev–Trinajstić information content (AvgIpc) is 2.85. The molecule has 2 aliphatic rings. The summed E-state index contributed by atoms with van der Waals surface area (Å²) >= 11 is 0. The number of hydroxylamine groups is 2. The van der Waals surface area contributed by atoms with Gasteiger partial charge < -0.3 is 14.5 Å². The lowest BCUT2D eigenvalue weighted by Crippen LogP contribution is -2.51. The molecule has 1 aromatic carbocycles. The van der Waals surface area contributed by atoms with E-state index in [1.807, 2.05) is 0 Å². The Bertz CT molecular complexity index is 793. The van der Waals surface area contributed by atoms with Crippen molar-refractivity contribution in [3.8, 4) is 0 Å². The number of rotatable bonds is 2. The van der Waals surface area contributed by atoms with E-state index in [4.69, 9.17) is 9.57 Å². The number of hydrogen-bond donors (Lipinski definition) is 0. The van der Waals surface area contributed by atoms with Crippen LogP contribution in [0.15, 0.2) is 24.3 Å². The zero-order valence-corrected chi connectivity index (χ0v) is 16.4. The Labute approximate surface area is 163 Å². The van der Waals surface area contributed by atoms with Crippen LogP contribution in [0.1, 0.15) is 61.3 Å². The van der Waals surface area contributed by atoms with Gasteiger partial charge >= 0.3 is 12.1 Å². The smallest absolute Gasteiger partial charge is 0.410 e. The van der Waals surface area contributed by atoms with Crippen LogP contribution in [-0.4, -0.2) is 52.0 Å². The summed E-state index contributed by atoms with van der Waals surface area (Å²) in [7, 11) is 0. The number of amides is 3. The molecule has 0 bridgehead atoms. The monoisotopic (exact) mass is 388 g/mol. The first kappa shape index (κ1) is 19.9. The highest BCUT2D eigenvalue weighted by molar-refractivity contribution is 6.20. The summed E-state index contributed by atoms with van der Waals surface area (Å²) in [5.74, 6) is -2.70. The number of carbonyl (C=O) groups is 4. The summed E-state index contributed by atoms with van der Waals surface area (Å²) in [6, 6.07) is 5.81. The lowest BCUT2D eigenvalue weighted by molar-refractivity contribution is -0.177. The van der Waals surface area contributed by atoms with E-state index < -0.39 is 41.4 Å². The normalized spacial score (nSPS) is 22.1. The second-order valence-corrected chi connectivity index (χ2v) is 8.02. The van der Waals surface area contributed by atoms with Gasteiger partial charge in [-0.05, 0) is 52.7 Å². The molecule has 2 atom stereocenters. The zero-order valence-electron chi connectivity index (χ0n) is 16.4. The molecule has 8 heteroatoms. The molecular weight excluding hydrogens is 364 g/mol. The van der Waals surface area contributed by atoms with Crippen molar-refractivity contribution in [3.63, 3.8) is 0 Å². The van der Waals surface area contributed by atoms with E-state index in [-0.39, 0.29) is 11.1 Å². The predicted octanol–water partition coefficient (Wildman–Crippen LogP) is 2.78. The molecule has 0 spiro atoms. The fraction of sp³-hybridized carbons (Fsp3) is 0.500. The maximum absolute atomic E-state index is 12.7. The fourth-order valence-electron chi connectivity index (χ4n) is 3.44. The SMILES string of the molecule is C[C@H]1[C@@H](C(=O)ON2C(=O)c3ccccc3C2=O)CCCN1C(=O)OC(C)(C)C. The molecule has 2 heterocycles. The molecule has 1 saturated heterocycles. The summed E-state index contributed by atoms with van der Waals surface area (Å²) in [5, 5.41) is 0.506. The Hall–Kier alpha value is -2.90. The molecular formula is C20H24N2O6. The van der Waals surface area contributed by atoms with Crippen molar-refractivity contribution in [1.82, 2.24) is 9.96 Å². The average molecular weight is 388 g/mol. The van der Waals surface area contributed by atoms with Crippen molar-refractivity contribution < 1.29 is 28.8 Å². The Kier molecular flexibility index (Phi) is 5.14. The van der Waals surface area contributed by atoms with Crippen LogP contribution in [0.5, 0.6) is 0 Å². The van der Waals surface area contributed by atoms with E-state index in [9.17, 15) is 19.2 Å². The van der Waals surface area contributed by atoms with Crippen LogP contribution in [0.3, 0.4) is 0 Å². The van der Waals surface area contributed by atoms with Crippen molar-refractivity contribution in [2.75, 3.05) is 6.54 Å². The van der Waals surface area contributed by atoms with Gasteiger partial charge in [0.2, 0.25) is 0 Å². The molecule has 0 aliphatic carbocycles. The lowest BCUT2D eigenvalue weighted by atomic mass is 9.90. The first-order chi connectivity index (χ1) is 13.1. The largest absolute Gasteiger partial charge is 0.444 e. The molecule has 1 fully saturated rings. The van der Waals surface area contributed by atoms with Crippen molar-refractivity contribution in [2.24, 2.45) is 5.92 Å². The lowest BCUT2D eigenvalue weighted by Gasteiger charge is -2.38. The molecule has 3 rings (SSSR count). The Morgan fingerprint density at radius 1 is 1.07 bits per heavy atom. The second-order valence-electron chi connectivity index (χ2n) is 8.02. The van der Waals surface area contributed by atoms with Gasteiger partial charge in [0.15, 0.2) is 0 Å². The number of piperidine rings is 1. The van der Waals surface area contributed by atoms with Crippen molar-refractivity contribution in [1.29, 1.82) is 0 Å². The first-order valence-electron chi connectivity index (χ1n) is 9.29. The van der Waals surface area contributed by atoms with Crippen LogP contribution >= 0.6 is 0 Å². The van der Waals surface area contributed by atoms with Crippen LogP contribution in [0.4, 0.5) is 4.79 Å². The molecule has 1 aromatic rings. The highest BCUT2D eigenvalue weighted by Gasteiger charge is 2.43. The van der Waals surface area contributed by atoms with Crippen LogP contribution < -0.4 is 0 Å². The van der Waals surface area contributed by atoms with Gasteiger partial charge in [-0.2, -0.15) is 0 Å². The Morgan fingerprint density at radius 2 is 1.64 bits per heavy atom. The van der Waals surface area contributed by atoms with Gasteiger partial charge in [-0.25, -0.2) is 9.59 Å². The fourth-order valence-corrected chi connectivity index (χ4v) is 3.44. The minimum Gasteiger partial charge on any atom is -0.444 e. The van der Waals surface area contributed by atoms with Gasteiger partial charge in [-0.15, -0.1) is 0 Å². The summed E-state index contributed by atoms with van der Waals surface area (Å²) in [4.78, 5) is 56.6. The number of fused-ring (bicyclic) bond motifs is 1. The van der Waals surface area contributed by atoms with Crippen molar-refractivity contribution in [2.45, 2.75) is 52.2 Å². The maximum Gasteiger partial charge on any atom is 0.410 e. The van der Waals surface area contributed by atoms with Crippen molar-refractivity contribution >= 4 is 23.9 Å². The van der Waals surface area contributed by atoms with Crippen LogP contribution in [0.25, 0.3) is 0 Å². The highest BCUT2D eigenvalue weighted by Crippen LogP contribution is 2.29. The molecule has 150 valence electrons. The minimum atomic E-state index is -0.713. The first-order valence-corrected chi connectivity index (χ1v) is 9.29. The molecule has 0 radical (unpaired) electrons. The Balaban J connectivity index is 1.70. The van der Waals surface area contributed by atoms with Gasteiger partial charge in [0.25, 0.3) is 11.8 Å². The number of likely N-dealkylation sites (tertiary alicyclic amines) is 1. The topological polar surface area (TPSA) is 93.2 Å². The molecule has 28 heavy (non-hydrogen) atoms. The number of nitrogens with zero attached hydrogens (tertiary/aromatic N) is 2. The van der Waals surface area contributed by atoms with E-state index in [2.05, 4.69) is 0 Å².